The molecule has 1 aliphatic carbocycles. The first-order valence-corrected chi connectivity index (χ1v) is 7.73. The standard InChI is InChI=1S/C15H13N3O2S/c19-15(20)9-5-10-13(16-7-9)18-14(17-10)12-6-8-3-1-2-4-11(8)21-12/h5-7H,1-4H2,(H,19,20)(H,16,17,18). The van der Waals surface area contributed by atoms with Crippen molar-refractivity contribution in [2.24, 2.45) is 0 Å². The number of carbonyl (C=O) groups is 1. The van der Waals surface area contributed by atoms with E-state index in [1.807, 2.05) is 0 Å². The number of rotatable bonds is 2. The number of aryl methyl sites for hydroxylation is 2. The summed E-state index contributed by atoms with van der Waals surface area (Å²) in [4.78, 5) is 25.3. The van der Waals surface area contributed by atoms with Crippen molar-refractivity contribution in [1.29, 1.82) is 0 Å². The third kappa shape index (κ3) is 2.12. The lowest BCUT2D eigenvalue weighted by atomic mass is 9.99. The zero-order valence-corrected chi connectivity index (χ0v) is 12.0. The van der Waals surface area contributed by atoms with Crippen LogP contribution in [0.1, 0.15) is 33.6 Å². The van der Waals surface area contributed by atoms with Gasteiger partial charge in [0.25, 0.3) is 0 Å². The Morgan fingerprint density at radius 3 is 2.95 bits per heavy atom. The van der Waals surface area contributed by atoms with Gasteiger partial charge in [-0.2, -0.15) is 0 Å². The number of pyridine rings is 1. The number of carboxylic acid groups (broad SMARTS) is 1. The van der Waals surface area contributed by atoms with Gasteiger partial charge in [-0.15, -0.1) is 11.3 Å². The molecular weight excluding hydrogens is 286 g/mol. The van der Waals surface area contributed by atoms with Crippen molar-refractivity contribution in [3.8, 4) is 10.7 Å². The summed E-state index contributed by atoms with van der Waals surface area (Å²) in [7, 11) is 0. The quantitative estimate of drug-likeness (QED) is 0.761. The van der Waals surface area contributed by atoms with E-state index >= 15 is 0 Å². The lowest BCUT2D eigenvalue weighted by molar-refractivity contribution is 0.0696. The number of fused-ring (bicyclic) bond motifs is 2. The Labute approximate surface area is 124 Å². The van der Waals surface area contributed by atoms with E-state index in [1.54, 1.807) is 17.4 Å². The Hall–Kier alpha value is -2.21. The van der Waals surface area contributed by atoms with Gasteiger partial charge in [0.1, 0.15) is 0 Å². The summed E-state index contributed by atoms with van der Waals surface area (Å²) in [6, 6.07) is 3.78. The third-order valence-electron chi connectivity index (χ3n) is 3.81. The molecule has 3 aromatic rings. The minimum atomic E-state index is -0.980. The maximum Gasteiger partial charge on any atom is 0.337 e. The van der Waals surface area contributed by atoms with Crippen LogP contribution in [0.25, 0.3) is 21.9 Å². The summed E-state index contributed by atoms with van der Waals surface area (Å²) in [5.41, 5.74) is 2.82. The number of thiophene rings is 1. The Morgan fingerprint density at radius 2 is 2.14 bits per heavy atom. The van der Waals surface area contributed by atoms with Crippen molar-refractivity contribution in [3.05, 3.63) is 34.3 Å². The van der Waals surface area contributed by atoms with Crippen LogP contribution in [0.5, 0.6) is 0 Å². The Morgan fingerprint density at radius 1 is 1.29 bits per heavy atom. The van der Waals surface area contributed by atoms with E-state index in [-0.39, 0.29) is 5.56 Å². The molecule has 6 heteroatoms. The first-order valence-electron chi connectivity index (χ1n) is 6.92. The van der Waals surface area contributed by atoms with Crippen molar-refractivity contribution in [1.82, 2.24) is 15.0 Å². The van der Waals surface area contributed by atoms with Gasteiger partial charge in [0.2, 0.25) is 0 Å². The number of hydrogen-bond donors (Lipinski definition) is 2. The highest BCUT2D eigenvalue weighted by Gasteiger charge is 2.17. The van der Waals surface area contributed by atoms with Gasteiger partial charge in [0, 0.05) is 11.1 Å². The van der Waals surface area contributed by atoms with Crippen molar-refractivity contribution < 1.29 is 9.90 Å². The van der Waals surface area contributed by atoms with Crippen LogP contribution >= 0.6 is 11.3 Å². The van der Waals surface area contributed by atoms with Gasteiger partial charge in [-0.25, -0.2) is 14.8 Å². The SMILES string of the molecule is O=C(O)c1cnc2nc(-c3cc4c(s3)CCCC4)[nH]c2c1. The van der Waals surface area contributed by atoms with Gasteiger partial charge in [0.15, 0.2) is 11.5 Å². The van der Waals surface area contributed by atoms with Crippen LogP contribution in [0.15, 0.2) is 18.3 Å². The molecule has 0 fully saturated rings. The molecule has 0 saturated carbocycles. The molecule has 5 nitrogen and oxygen atoms in total. The second-order valence-corrected chi connectivity index (χ2v) is 6.39. The van der Waals surface area contributed by atoms with Crippen LogP contribution in [0.4, 0.5) is 0 Å². The number of carboxylic acids is 1. The number of aromatic nitrogens is 3. The molecular formula is C15H13N3O2S. The Bertz CT molecular complexity index is 826. The van der Waals surface area contributed by atoms with E-state index in [0.717, 1.165) is 23.5 Å². The molecule has 0 aromatic carbocycles. The maximum atomic E-state index is 11.0. The fourth-order valence-corrected chi connectivity index (χ4v) is 3.94. The Balaban J connectivity index is 1.79. The number of imidazole rings is 1. The van der Waals surface area contributed by atoms with Gasteiger partial charge in [-0.1, -0.05) is 0 Å². The fourth-order valence-electron chi connectivity index (χ4n) is 2.74. The fraction of sp³-hybridized carbons (Fsp3) is 0.267. The van der Waals surface area contributed by atoms with Gasteiger partial charge in [-0.05, 0) is 43.4 Å². The zero-order valence-electron chi connectivity index (χ0n) is 11.2. The second-order valence-electron chi connectivity index (χ2n) is 5.25. The lowest BCUT2D eigenvalue weighted by Gasteiger charge is -2.08. The molecule has 0 aliphatic heterocycles. The second kappa shape index (κ2) is 4.66. The normalized spacial score (nSPS) is 14.3. The van der Waals surface area contributed by atoms with E-state index in [4.69, 9.17) is 5.11 Å². The van der Waals surface area contributed by atoms with Crippen LogP contribution in [-0.4, -0.2) is 26.0 Å². The van der Waals surface area contributed by atoms with Gasteiger partial charge in [0.05, 0.1) is 16.0 Å². The highest BCUT2D eigenvalue weighted by atomic mass is 32.1. The average Bonchev–Trinajstić information content (AvgIpc) is 3.09. The van der Waals surface area contributed by atoms with Gasteiger partial charge in [-0.3, -0.25) is 0 Å². The zero-order chi connectivity index (χ0) is 14.4. The van der Waals surface area contributed by atoms with E-state index in [1.165, 1.54) is 29.5 Å². The Kier molecular flexibility index (Phi) is 2.78. The van der Waals surface area contributed by atoms with E-state index < -0.39 is 5.97 Å². The summed E-state index contributed by atoms with van der Waals surface area (Å²) < 4.78 is 0. The highest BCUT2D eigenvalue weighted by molar-refractivity contribution is 7.15. The molecule has 106 valence electrons. The predicted octanol–water partition coefficient (Wildman–Crippen LogP) is 3.26. The molecule has 0 amide bonds. The summed E-state index contributed by atoms with van der Waals surface area (Å²) in [6.45, 7) is 0. The number of aromatic amines is 1. The molecule has 2 N–H and O–H groups in total. The molecule has 0 radical (unpaired) electrons. The number of nitrogens with one attached hydrogen (secondary N) is 1. The largest absolute Gasteiger partial charge is 0.478 e. The van der Waals surface area contributed by atoms with Crippen molar-refractivity contribution in [2.75, 3.05) is 0 Å². The summed E-state index contributed by atoms with van der Waals surface area (Å²) in [5.74, 6) is -0.202. The predicted molar refractivity (Wildman–Crippen MR) is 80.8 cm³/mol. The number of aromatic carboxylic acids is 1. The van der Waals surface area contributed by atoms with Crippen molar-refractivity contribution in [2.45, 2.75) is 25.7 Å². The topological polar surface area (TPSA) is 78.9 Å². The first kappa shape index (κ1) is 12.5. The van der Waals surface area contributed by atoms with Crippen LogP contribution in [-0.2, 0) is 12.8 Å². The van der Waals surface area contributed by atoms with Crippen molar-refractivity contribution in [3.63, 3.8) is 0 Å². The first-order chi connectivity index (χ1) is 10.2. The molecule has 1 aliphatic rings. The summed E-state index contributed by atoms with van der Waals surface area (Å²) in [5, 5.41) is 9.01. The third-order valence-corrected chi connectivity index (χ3v) is 5.06. The molecule has 3 heterocycles. The molecule has 21 heavy (non-hydrogen) atoms. The van der Waals surface area contributed by atoms with E-state index in [9.17, 15) is 4.79 Å². The molecule has 0 saturated heterocycles. The highest BCUT2D eigenvalue weighted by Crippen LogP contribution is 2.35. The molecule has 0 spiro atoms. The molecule has 3 aromatic heterocycles. The molecule has 0 unspecified atom stereocenters. The maximum absolute atomic E-state index is 11.0. The lowest BCUT2D eigenvalue weighted by Crippen LogP contribution is -1.96. The average molecular weight is 299 g/mol. The van der Waals surface area contributed by atoms with E-state index in [0.29, 0.717) is 11.2 Å². The van der Waals surface area contributed by atoms with Crippen LogP contribution < -0.4 is 0 Å². The van der Waals surface area contributed by atoms with Crippen LogP contribution in [0.2, 0.25) is 0 Å². The van der Waals surface area contributed by atoms with Crippen molar-refractivity contribution >= 4 is 28.5 Å². The summed E-state index contributed by atoms with van der Waals surface area (Å²) >= 11 is 1.78. The monoisotopic (exact) mass is 299 g/mol. The van der Waals surface area contributed by atoms with Gasteiger partial charge >= 0.3 is 5.97 Å². The number of hydrogen-bond acceptors (Lipinski definition) is 4. The molecule has 4 rings (SSSR count). The molecule has 0 atom stereocenters. The van der Waals surface area contributed by atoms with Gasteiger partial charge < -0.3 is 10.1 Å². The molecule has 0 bridgehead atoms. The minimum Gasteiger partial charge on any atom is -0.478 e. The van der Waals surface area contributed by atoms with Crippen LogP contribution in [0, 0.1) is 0 Å². The smallest absolute Gasteiger partial charge is 0.337 e. The number of H-pyrrole nitrogens is 1. The number of nitrogens with zero attached hydrogens (tertiary/aromatic N) is 2. The summed E-state index contributed by atoms with van der Waals surface area (Å²) in [6.07, 6.45) is 6.16. The van der Waals surface area contributed by atoms with Crippen LogP contribution in [0.3, 0.4) is 0 Å². The minimum absolute atomic E-state index is 0.170. The van der Waals surface area contributed by atoms with E-state index in [2.05, 4.69) is 21.0 Å².